The summed E-state index contributed by atoms with van der Waals surface area (Å²) in [4.78, 5) is 23.3. The minimum atomic E-state index is -0.639. The monoisotopic (exact) mass is 363 g/mol. The first-order valence-corrected chi connectivity index (χ1v) is 8.01. The number of anilines is 1. The van der Waals surface area contributed by atoms with Crippen molar-refractivity contribution in [1.29, 1.82) is 0 Å². The Labute approximate surface area is 150 Å². The molecule has 0 saturated carbocycles. The summed E-state index contributed by atoms with van der Waals surface area (Å²) in [5, 5.41) is 3.15. The number of ether oxygens (including phenoxy) is 3. The molecule has 0 aliphatic carbocycles. The lowest BCUT2D eigenvalue weighted by Crippen LogP contribution is -2.23. The SMILES string of the molecule is CCOc1ccc(OCC(=O)OCC(=O)Nc2ccc(Cl)cc2)cc1. The Bertz CT molecular complexity index is 700. The molecule has 1 amide bonds. The number of hydrogen-bond donors (Lipinski definition) is 1. The van der Waals surface area contributed by atoms with Crippen LogP contribution in [0.4, 0.5) is 5.69 Å². The maximum atomic E-state index is 11.7. The molecule has 0 saturated heterocycles. The second kappa shape index (κ2) is 9.54. The normalized spacial score (nSPS) is 10.0. The van der Waals surface area contributed by atoms with Crippen molar-refractivity contribution in [3.05, 3.63) is 53.6 Å². The Morgan fingerprint density at radius 3 is 2.12 bits per heavy atom. The van der Waals surface area contributed by atoms with E-state index in [1.807, 2.05) is 6.92 Å². The van der Waals surface area contributed by atoms with Gasteiger partial charge < -0.3 is 19.5 Å². The van der Waals surface area contributed by atoms with E-state index < -0.39 is 18.5 Å². The van der Waals surface area contributed by atoms with Crippen molar-refractivity contribution in [2.24, 2.45) is 0 Å². The predicted molar refractivity (Wildman–Crippen MR) is 94.1 cm³/mol. The van der Waals surface area contributed by atoms with Gasteiger partial charge in [0.15, 0.2) is 13.2 Å². The first kappa shape index (κ1) is 18.6. The van der Waals surface area contributed by atoms with Gasteiger partial charge in [-0.1, -0.05) is 11.6 Å². The first-order valence-electron chi connectivity index (χ1n) is 7.63. The van der Waals surface area contributed by atoms with Crippen molar-refractivity contribution in [2.75, 3.05) is 25.1 Å². The first-order chi connectivity index (χ1) is 12.1. The number of esters is 1. The van der Waals surface area contributed by atoms with Gasteiger partial charge in [-0.3, -0.25) is 4.79 Å². The third-order valence-corrected chi connectivity index (χ3v) is 3.24. The minimum Gasteiger partial charge on any atom is -0.494 e. The molecule has 0 spiro atoms. The Morgan fingerprint density at radius 2 is 1.52 bits per heavy atom. The maximum Gasteiger partial charge on any atom is 0.344 e. The summed E-state index contributed by atoms with van der Waals surface area (Å²) in [7, 11) is 0. The van der Waals surface area contributed by atoms with Crippen LogP contribution in [0.1, 0.15) is 6.92 Å². The van der Waals surface area contributed by atoms with Crippen LogP contribution in [0, 0.1) is 0 Å². The van der Waals surface area contributed by atoms with Crippen LogP contribution >= 0.6 is 11.6 Å². The topological polar surface area (TPSA) is 73.9 Å². The molecule has 132 valence electrons. The highest BCUT2D eigenvalue weighted by Crippen LogP contribution is 2.17. The van der Waals surface area contributed by atoms with Crippen LogP contribution in [-0.2, 0) is 14.3 Å². The zero-order chi connectivity index (χ0) is 18.1. The Hall–Kier alpha value is -2.73. The van der Waals surface area contributed by atoms with E-state index in [2.05, 4.69) is 5.32 Å². The van der Waals surface area contributed by atoms with Gasteiger partial charge in [-0.05, 0) is 55.5 Å². The van der Waals surface area contributed by atoms with Gasteiger partial charge in [0.1, 0.15) is 11.5 Å². The fourth-order valence-corrected chi connectivity index (χ4v) is 1.99. The fraction of sp³-hybridized carbons (Fsp3) is 0.222. The van der Waals surface area contributed by atoms with Crippen LogP contribution in [0.15, 0.2) is 48.5 Å². The molecule has 0 aliphatic heterocycles. The number of halogens is 1. The molecule has 0 radical (unpaired) electrons. The third-order valence-electron chi connectivity index (χ3n) is 2.98. The summed E-state index contributed by atoms with van der Waals surface area (Å²) < 4.78 is 15.5. The second-order valence-corrected chi connectivity index (χ2v) is 5.35. The van der Waals surface area contributed by atoms with Crippen molar-refractivity contribution in [1.82, 2.24) is 0 Å². The molecular formula is C18H18ClNO5. The van der Waals surface area contributed by atoms with Crippen LogP contribution in [0.25, 0.3) is 0 Å². The second-order valence-electron chi connectivity index (χ2n) is 4.91. The molecule has 0 unspecified atom stereocenters. The quantitative estimate of drug-likeness (QED) is 0.728. The number of benzene rings is 2. The predicted octanol–water partition coefficient (Wildman–Crippen LogP) is 3.30. The van der Waals surface area contributed by atoms with E-state index >= 15 is 0 Å². The molecule has 7 heteroatoms. The summed E-state index contributed by atoms with van der Waals surface area (Å²) in [6.45, 7) is 1.78. The van der Waals surface area contributed by atoms with E-state index in [1.54, 1.807) is 48.5 Å². The number of carbonyl (C=O) groups is 2. The number of nitrogens with one attached hydrogen (secondary N) is 1. The molecule has 25 heavy (non-hydrogen) atoms. The van der Waals surface area contributed by atoms with Crippen LogP contribution < -0.4 is 14.8 Å². The fourth-order valence-electron chi connectivity index (χ4n) is 1.86. The van der Waals surface area contributed by atoms with Crippen molar-refractivity contribution in [3.63, 3.8) is 0 Å². The van der Waals surface area contributed by atoms with Gasteiger partial charge in [0.05, 0.1) is 6.61 Å². The molecular weight excluding hydrogens is 346 g/mol. The highest BCUT2D eigenvalue weighted by Gasteiger charge is 2.09. The van der Waals surface area contributed by atoms with E-state index in [0.717, 1.165) is 5.75 Å². The summed E-state index contributed by atoms with van der Waals surface area (Å²) in [5.41, 5.74) is 0.566. The lowest BCUT2D eigenvalue weighted by atomic mass is 10.3. The molecule has 2 aromatic carbocycles. The number of carbonyl (C=O) groups excluding carboxylic acids is 2. The summed E-state index contributed by atoms with van der Waals surface area (Å²) in [6.07, 6.45) is 0. The summed E-state index contributed by atoms with van der Waals surface area (Å²) in [6, 6.07) is 13.4. The highest BCUT2D eigenvalue weighted by atomic mass is 35.5. The van der Waals surface area contributed by atoms with E-state index in [1.165, 1.54) is 0 Å². The highest BCUT2D eigenvalue weighted by molar-refractivity contribution is 6.30. The largest absolute Gasteiger partial charge is 0.494 e. The van der Waals surface area contributed by atoms with Gasteiger partial charge in [-0.2, -0.15) is 0 Å². The zero-order valence-corrected chi connectivity index (χ0v) is 14.4. The molecule has 0 bridgehead atoms. The van der Waals surface area contributed by atoms with Gasteiger partial charge in [0.25, 0.3) is 5.91 Å². The van der Waals surface area contributed by atoms with Crippen LogP contribution in [0.5, 0.6) is 11.5 Å². The van der Waals surface area contributed by atoms with Crippen LogP contribution in [0.3, 0.4) is 0 Å². The lowest BCUT2D eigenvalue weighted by molar-refractivity contribution is -0.149. The minimum absolute atomic E-state index is 0.289. The number of rotatable bonds is 8. The molecule has 2 rings (SSSR count). The van der Waals surface area contributed by atoms with Gasteiger partial charge >= 0.3 is 5.97 Å². The third kappa shape index (κ3) is 6.73. The molecule has 0 aliphatic rings. The standard InChI is InChI=1S/C18H18ClNO5/c1-2-23-15-7-9-16(10-8-15)24-12-18(22)25-11-17(21)20-14-5-3-13(19)4-6-14/h3-10H,2,11-12H2,1H3,(H,20,21). The molecule has 0 atom stereocenters. The Kier molecular flexibility index (Phi) is 7.10. The number of hydrogen-bond acceptors (Lipinski definition) is 5. The van der Waals surface area contributed by atoms with E-state index in [4.69, 9.17) is 25.8 Å². The number of amides is 1. The molecule has 6 nitrogen and oxygen atoms in total. The molecule has 2 aromatic rings. The molecule has 0 aromatic heterocycles. The van der Waals surface area contributed by atoms with E-state index in [0.29, 0.717) is 23.1 Å². The average molecular weight is 364 g/mol. The Balaban J connectivity index is 1.69. The van der Waals surface area contributed by atoms with E-state index in [-0.39, 0.29) is 6.61 Å². The van der Waals surface area contributed by atoms with Gasteiger partial charge in [-0.15, -0.1) is 0 Å². The van der Waals surface area contributed by atoms with Crippen molar-refractivity contribution >= 4 is 29.2 Å². The van der Waals surface area contributed by atoms with Gasteiger partial charge in [-0.25, -0.2) is 4.79 Å². The molecule has 0 fully saturated rings. The van der Waals surface area contributed by atoms with Crippen molar-refractivity contribution in [3.8, 4) is 11.5 Å². The maximum absolute atomic E-state index is 11.7. The summed E-state index contributed by atoms with van der Waals surface area (Å²) in [5.74, 6) is 0.138. The van der Waals surface area contributed by atoms with Crippen molar-refractivity contribution < 1.29 is 23.8 Å². The van der Waals surface area contributed by atoms with Crippen molar-refractivity contribution in [2.45, 2.75) is 6.92 Å². The summed E-state index contributed by atoms with van der Waals surface area (Å²) >= 11 is 5.76. The zero-order valence-electron chi connectivity index (χ0n) is 13.7. The van der Waals surface area contributed by atoms with E-state index in [9.17, 15) is 9.59 Å². The van der Waals surface area contributed by atoms with Crippen LogP contribution in [-0.4, -0.2) is 31.7 Å². The lowest BCUT2D eigenvalue weighted by Gasteiger charge is -2.08. The Morgan fingerprint density at radius 1 is 0.920 bits per heavy atom. The molecule has 1 N–H and O–H groups in total. The van der Waals surface area contributed by atoms with Gasteiger partial charge in [0, 0.05) is 10.7 Å². The molecule has 0 heterocycles. The van der Waals surface area contributed by atoms with Crippen LogP contribution in [0.2, 0.25) is 5.02 Å². The average Bonchev–Trinajstić information content (AvgIpc) is 2.61. The van der Waals surface area contributed by atoms with Gasteiger partial charge in [0.2, 0.25) is 0 Å². The smallest absolute Gasteiger partial charge is 0.344 e.